The van der Waals surface area contributed by atoms with Gasteiger partial charge in [0.2, 0.25) is 5.91 Å². The lowest BCUT2D eigenvalue weighted by molar-refractivity contribution is -0.113. The molecular formula is C16H21N3O2S. The van der Waals surface area contributed by atoms with Crippen LogP contribution in [0.5, 0.6) is 0 Å². The SMILES string of the molecule is CCCN(C(=O)c1ccc2c(c1)NC(=O)CS2)C1CCNC1. The van der Waals surface area contributed by atoms with Crippen molar-refractivity contribution in [3.05, 3.63) is 23.8 Å². The summed E-state index contributed by atoms with van der Waals surface area (Å²) in [7, 11) is 0. The van der Waals surface area contributed by atoms with Gasteiger partial charge in [-0.3, -0.25) is 9.59 Å². The van der Waals surface area contributed by atoms with Crippen molar-refractivity contribution in [1.29, 1.82) is 0 Å². The molecule has 0 aromatic heterocycles. The van der Waals surface area contributed by atoms with Crippen LogP contribution in [-0.4, -0.2) is 48.1 Å². The Balaban J connectivity index is 1.83. The first-order valence-electron chi connectivity index (χ1n) is 7.77. The van der Waals surface area contributed by atoms with Crippen LogP contribution >= 0.6 is 11.8 Å². The summed E-state index contributed by atoms with van der Waals surface area (Å²) in [5, 5.41) is 6.17. The Labute approximate surface area is 134 Å². The Morgan fingerprint density at radius 1 is 1.45 bits per heavy atom. The van der Waals surface area contributed by atoms with Crippen LogP contribution in [0, 0.1) is 0 Å². The van der Waals surface area contributed by atoms with Crippen LogP contribution in [0.4, 0.5) is 5.69 Å². The van der Waals surface area contributed by atoms with E-state index in [4.69, 9.17) is 0 Å². The van der Waals surface area contributed by atoms with E-state index >= 15 is 0 Å². The number of hydrogen-bond donors (Lipinski definition) is 2. The molecule has 0 spiro atoms. The van der Waals surface area contributed by atoms with E-state index in [1.165, 1.54) is 11.8 Å². The van der Waals surface area contributed by atoms with E-state index in [9.17, 15) is 9.59 Å². The Kier molecular flexibility index (Phi) is 4.69. The van der Waals surface area contributed by atoms with E-state index in [0.717, 1.165) is 43.1 Å². The maximum Gasteiger partial charge on any atom is 0.254 e. The summed E-state index contributed by atoms with van der Waals surface area (Å²) in [4.78, 5) is 27.4. The fraction of sp³-hybridized carbons (Fsp3) is 0.500. The third kappa shape index (κ3) is 3.13. The molecule has 118 valence electrons. The normalized spacial score (nSPS) is 20.4. The largest absolute Gasteiger partial charge is 0.334 e. The number of nitrogens with zero attached hydrogens (tertiary/aromatic N) is 1. The molecule has 2 N–H and O–H groups in total. The first kappa shape index (κ1) is 15.4. The van der Waals surface area contributed by atoms with Gasteiger partial charge in [-0.2, -0.15) is 0 Å². The van der Waals surface area contributed by atoms with Gasteiger partial charge in [0.05, 0.1) is 11.4 Å². The summed E-state index contributed by atoms with van der Waals surface area (Å²) in [6, 6.07) is 5.89. The molecule has 0 saturated carbocycles. The zero-order valence-corrected chi connectivity index (χ0v) is 13.5. The highest BCUT2D eigenvalue weighted by Crippen LogP contribution is 2.32. The average molecular weight is 319 g/mol. The number of hydrogen-bond acceptors (Lipinski definition) is 4. The molecule has 2 heterocycles. The van der Waals surface area contributed by atoms with E-state index in [1.54, 1.807) is 0 Å². The van der Waals surface area contributed by atoms with Crippen molar-refractivity contribution in [2.24, 2.45) is 0 Å². The molecule has 0 radical (unpaired) electrons. The molecule has 0 aliphatic carbocycles. The average Bonchev–Trinajstić information content (AvgIpc) is 3.05. The first-order valence-corrected chi connectivity index (χ1v) is 8.76. The van der Waals surface area contributed by atoms with Gasteiger partial charge in [-0.1, -0.05) is 6.92 Å². The summed E-state index contributed by atoms with van der Waals surface area (Å²) >= 11 is 1.51. The van der Waals surface area contributed by atoms with Gasteiger partial charge in [-0.15, -0.1) is 11.8 Å². The number of amides is 2. The Morgan fingerprint density at radius 3 is 3.05 bits per heavy atom. The van der Waals surface area contributed by atoms with Gasteiger partial charge in [-0.05, 0) is 37.6 Å². The molecule has 1 aromatic carbocycles. The zero-order valence-electron chi connectivity index (χ0n) is 12.7. The van der Waals surface area contributed by atoms with E-state index in [2.05, 4.69) is 17.6 Å². The number of benzene rings is 1. The minimum absolute atomic E-state index is 0.00694. The molecule has 1 aromatic rings. The van der Waals surface area contributed by atoms with E-state index < -0.39 is 0 Å². The van der Waals surface area contributed by atoms with Crippen LogP contribution in [0.15, 0.2) is 23.1 Å². The molecule has 2 aliphatic heterocycles. The monoisotopic (exact) mass is 319 g/mol. The van der Waals surface area contributed by atoms with Crippen molar-refractivity contribution in [2.45, 2.75) is 30.7 Å². The maximum atomic E-state index is 12.9. The Morgan fingerprint density at radius 2 is 2.32 bits per heavy atom. The van der Waals surface area contributed by atoms with Crippen molar-refractivity contribution >= 4 is 29.3 Å². The van der Waals surface area contributed by atoms with Gasteiger partial charge in [0.15, 0.2) is 0 Å². The lowest BCUT2D eigenvalue weighted by Crippen LogP contribution is -2.42. The number of carbonyl (C=O) groups is 2. The molecule has 3 rings (SSSR count). The molecule has 1 saturated heterocycles. The van der Waals surface area contributed by atoms with Crippen LogP contribution in [-0.2, 0) is 4.79 Å². The summed E-state index contributed by atoms with van der Waals surface area (Å²) in [6.45, 7) is 4.69. The zero-order chi connectivity index (χ0) is 15.5. The van der Waals surface area contributed by atoms with Crippen molar-refractivity contribution in [2.75, 3.05) is 30.7 Å². The highest BCUT2D eigenvalue weighted by atomic mass is 32.2. The highest BCUT2D eigenvalue weighted by molar-refractivity contribution is 8.00. The van der Waals surface area contributed by atoms with Crippen LogP contribution in [0.3, 0.4) is 0 Å². The Bertz CT molecular complexity index is 585. The third-order valence-electron chi connectivity index (χ3n) is 4.06. The lowest BCUT2D eigenvalue weighted by atomic mass is 10.1. The molecule has 1 fully saturated rings. The van der Waals surface area contributed by atoms with Crippen LogP contribution in [0.2, 0.25) is 0 Å². The Hall–Kier alpha value is -1.53. The predicted octanol–water partition coefficient (Wildman–Crippen LogP) is 1.94. The molecule has 1 atom stereocenters. The second-order valence-corrected chi connectivity index (χ2v) is 6.71. The predicted molar refractivity (Wildman–Crippen MR) is 88.4 cm³/mol. The fourth-order valence-corrected chi connectivity index (χ4v) is 3.77. The van der Waals surface area contributed by atoms with E-state index in [1.807, 2.05) is 23.1 Å². The van der Waals surface area contributed by atoms with Gasteiger partial charge in [0, 0.05) is 29.6 Å². The topological polar surface area (TPSA) is 61.4 Å². The standard InChI is InChI=1S/C16H21N3O2S/c1-2-7-19(12-5-6-17-9-12)16(21)11-3-4-14-13(8-11)18-15(20)10-22-14/h3-4,8,12,17H,2,5-7,9-10H2,1H3,(H,18,20). The smallest absolute Gasteiger partial charge is 0.254 e. The van der Waals surface area contributed by atoms with Crippen LogP contribution in [0.25, 0.3) is 0 Å². The van der Waals surface area contributed by atoms with Gasteiger partial charge in [0.25, 0.3) is 5.91 Å². The molecule has 1 unspecified atom stereocenters. The van der Waals surface area contributed by atoms with Gasteiger partial charge in [-0.25, -0.2) is 0 Å². The van der Waals surface area contributed by atoms with Crippen molar-refractivity contribution in [3.63, 3.8) is 0 Å². The van der Waals surface area contributed by atoms with E-state index in [-0.39, 0.29) is 17.9 Å². The number of nitrogens with one attached hydrogen (secondary N) is 2. The minimum Gasteiger partial charge on any atom is -0.334 e. The molecule has 0 bridgehead atoms. The second kappa shape index (κ2) is 6.71. The molecule has 2 amide bonds. The molecule has 2 aliphatic rings. The van der Waals surface area contributed by atoms with Crippen molar-refractivity contribution in [3.8, 4) is 0 Å². The molecule has 6 heteroatoms. The lowest BCUT2D eigenvalue weighted by Gasteiger charge is -2.29. The molecule has 22 heavy (non-hydrogen) atoms. The number of anilines is 1. The summed E-state index contributed by atoms with van der Waals surface area (Å²) in [6.07, 6.45) is 1.95. The van der Waals surface area contributed by atoms with Crippen LogP contribution in [0.1, 0.15) is 30.1 Å². The molecular weight excluding hydrogens is 298 g/mol. The summed E-state index contributed by atoms with van der Waals surface area (Å²) in [5.41, 5.74) is 1.41. The maximum absolute atomic E-state index is 12.9. The number of rotatable bonds is 4. The van der Waals surface area contributed by atoms with Gasteiger partial charge in [0.1, 0.15) is 0 Å². The van der Waals surface area contributed by atoms with Gasteiger partial charge >= 0.3 is 0 Å². The van der Waals surface area contributed by atoms with E-state index in [0.29, 0.717) is 11.3 Å². The number of fused-ring (bicyclic) bond motifs is 1. The molecule has 5 nitrogen and oxygen atoms in total. The summed E-state index contributed by atoms with van der Waals surface area (Å²) < 4.78 is 0. The summed E-state index contributed by atoms with van der Waals surface area (Å²) in [5.74, 6) is 0.492. The third-order valence-corrected chi connectivity index (χ3v) is 5.13. The fourth-order valence-electron chi connectivity index (χ4n) is 2.98. The number of carbonyl (C=O) groups excluding carboxylic acids is 2. The highest BCUT2D eigenvalue weighted by Gasteiger charge is 2.27. The quantitative estimate of drug-likeness (QED) is 0.890. The van der Waals surface area contributed by atoms with Crippen LogP contribution < -0.4 is 10.6 Å². The first-order chi connectivity index (χ1) is 10.7. The number of thioether (sulfide) groups is 1. The van der Waals surface area contributed by atoms with Gasteiger partial charge < -0.3 is 15.5 Å². The minimum atomic E-state index is -0.00694. The second-order valence-electron chi connectivity index (χ2n) is 5.69. The van der Waals surface area contributed by atoms with Crippen molar-refractivity contribution < 1.29 is 9.59 Å². The van der Waals surface area contributed by atoms with Crippen molar-refractivity contribution in [1.82, 2.24) is 10.2 Å².